The molecule has 12 heavy (non-hydrogen) atoms. The van der Waals surface area contributed by atoms with Gasteiger partial charge in [0.25, 0.3) is 0 Å². The quantitative estimate of drug-likeness (QED) is 0.613. The van der Waals surface area contributed by atoms with Gasteiger partial charge in [-0.1, -0.05) is 0 Å². The molecule has 3 atom stereocenters. The summed E-state index contributed by atoms with van der Waals surface area (Å²) in [5.74, 6) is -0.202. The van der Waals surface area contributed by atoms with Crippen molar-refractivity contribution in [2.75, 3.05) is 12.8 Å². The topological polar surface area (TPSA) is 72.2 Å². The van der Waals surface area contributed by atoms with E-state index in [1.54, 1.807) is 13.2 Å². The molecule has 4 nitrogen and oxygen atoms in total. The van der Waals surface area contributed by atoms with Crippen molar-refractivity contribution in [3.8, 4) is 0 Å². The van der Waals surface area contributed by atoms with Crippen molar-refractivity contribution in [3.63, 3.8) is 0 Å². The molecule has 0 radical (unpaired) electrons. The molecule has 1 amide bonds. The summed E-state index contributed by atoms with van der Waals surface area (Å²) in [6.07, 6.45) is 1.61. The summed E-state index contributed by atoms with van der Waals surface area (Å²) in [6, 6.07) is -0.498. The van der Waals surface area contributed by atoms with Gasteiger partial charge in [-0.2, -0.15) is 0 Å². The van der Waals surface area contributed by atoms with Gasteiger partial charge in [0.05, 0.1) is 6.04 Å². The first kappa shape index (κ1) is 11.6. The molecule has 0 aromatic carbocycles. The first-order valence-electron chi connectivity index (χ1n) is 3.80. The lowest BCUT2D eigenvalue weighted by Gasteiger charge is -2.11. The third-order valence-electron chi connectivity index (χ3n) is 1.54. The Morgan fingerprint density at radius 1 is 1.58 bits per heavy atom. The average Bonchev–Trinajstić information content (AvgIpc) is 1.98. The van der Waals surface area contributed by atoms with Crippen LogP contribution in [0.5, 0.6) is 0 Å². The molecule has 0 aliphatic carbocycles. The van der Waals surface area contributed by atoms with Gasteiger partial charge in [0.2, 0.25) is 5.91 Å². The first-order valence-corrected chi connectivity index (χ1v) is 5.42. The van der Waals surface area contributed by atoms with Crippen LogP contribution in [-0.4, -0.2) is 34.2 Å². The Bertz CT molecular complexity index is 182. The Kier molecular flexibility index (Phi) is 5.08. The van der Waals surface area contributed by atoms with E-state index >= 15 is 0 Å². The van der Waals surface area contributed by atoms with Gasteiger partial charge < -0.3 is 11.1 Å². The molecule has 0 rings (SSSR count). The van der Waals surface area contributed by atoms with Crippen molar-refractivity contribution in [2.45, 2.75) is 25.1 Å². The highest BCUT2D eigenvalue weighted by atomic mass is 32.2. The predicted molar refractivity (Wildman–Crippen MR) is 50.2 cm³/mol. The van der Waals surface area contributed by atoms with E-state index in [9.17, 15) is 9.00 Å². The van der Waals surface area contributed by atoms with Gasteiger partial charge in [0, 0.05) is 28.9 Å². The standard InChI is InChI=1S/C7H16N2O2S/c1-5(12(3)11)4-9-7(10)6(2)8/h5-6H,4,8H2,1-3H3,(H,9,10)/t5?,6-,12?/m1/s1. The van der Waals surface area contributed by atoms with E-state index in [1.807, 2.05) is 6.92 Å². The minimum absolute atomic E-state index is 0.0206. The summed E-state index contributed by atoms with van der Waals surface area (Å²) < 4.78 is 10.9. The second kappa shape index (κ2) is 5.27. The van der Waals surface area contributed by atoms with Crippen molar-refractivity contribution in [3.05, 3.63) is 0 Å². The second-order valence-electron chi connectivity index (χ2n) is 2.84. The van der Waals surface area contributed by atoms with E-state index in [0.717, 1.165) is 0 Å². The van der Waals surface area contributed by atoms with E-state index in [-0.39, 0.29) is 11.2 Å². The van der Waals surface area contributed by atoms with Crippen LogP contribution in [0.2, 0.25) is 0 Å². The van der Waals surface area contributed by atoms with E-state index in [1.165, 1.54) is 0 Å². The number of amides is 1. The van der Waals surface area contributed by atoms with Crippen LogP contribution >= 0.6 is 0 Å². The maximum Gasteiger partial charge on any atom is 0.236 e. The summed E-state index contributed by atoms with van der Waals surface area (Å²) in [5, 5.41) is 2.59. The third kappa shape index (κ3) is 4.46. The van der Waals surface area contributed by atoms with Crippen LogP contribution in [0.3, 0.4) is 0 Å². The smallest absolute Gasteiger partial charge is 0.236 e. The van der Waals surface area contributed by atoms with E-state index in [2.05, 4.69) is 5.32 Å². The first-order chi connectivity index (χ1) is 5.45. The lowest BCUT2D eigenvalue weighted by atomic mass is 10.3. The number of carbonyl (C=O) groups excluding carboxylic acids is 1. The fourth-order valence-corrected chi connectivity index (χ4v) is 0.841. The lowest BCUT2D eigenvalue weighted by Crippen LogP contribution is -2.41. The Morgan fingerprint density at radius 2 is 2.08 bits per heavy atom. The molecular formula is C7H16N2O2S. The number of rotatable bonds is 4. The molecule has 0 aliphatic rings. The molecule has 0 heterocycles. The summed E-state index contributed by atoms with van der Waals surface area (Å²) >= 11 is 0. The van der Waals surface area contributed by atoms with Gasteiger partial charge in [-0.3, -0.25) is 9.00 Å². The number of nitrogens with two attached hydrogens (primary N) is 1. The van der Waals surface area contributed by atoms with Gasteiger partial charge in [0.1, 0.15) is 0 Å². The molecule has 0 saturated carbocycles. The average molecular weight is 192 g/mol. The zero-order valence-corrected chi connectivity index (χ0v) is 8.48. The molecule has 3 N–H and O–H groups in total. The van der Waals surface area contributed by atoms with Crippen LogP contribution in [0, 0.1) is 0 Å². The zero-order valence-electron chi connectivity index (χ0n) is 7.66. The molecule has 0 aromatic rings. The van der Waals surface area contributed by atoms with Gasteiger partial charge >= 0.3 is 0 Å². The molecule has 0 aliphatic heterocycles. The summed E-state index contributed by atoms with van der Waals surface area (Å²) in [4.78, 5) is 10.9. The molecule has 0 spiro atoms. The largest absolute Gasteiger partial charge is 0.354 e. The SMILES string of the molecule is CC(CNC(=O)[C@@H](C)N)S(C)=O. The van der Waals surface area contributed by atoms with Crippen LogP contribution in [0.4, 0.5) is 0 Å². The molecule has 2 unspecified atom stereocenters. The number of hydrogen-bond donors (Lipinski definition) is 2. The van der Waals surface area contributed by atoms with Crippen molar-refractivity contribution in [2.24, 2.45) is 5.73 Å². The summed E-state index contributed by atoms with van der Waals surface area (Å²) in [6.45, 7) is 3.85. The zero-order chi connectivity index (χ0) is 9.72. The molecule has 0 aromatic heterocycles. The van der Waals surface area contributed by atoms with Crippen LogP contribution in [0.1, 0.15) is 13.8 Å². The van der Waals surface area contributed by atoms with Crippen molar-refractivity contribution >= 4 is 16.7 Å². The highest BCUT2D eigenvalue weighted by Gasteiger charge is 2.10. The van der Waals surface area contributed by atoms with Crippen LogP contribution in [0.25, 0.3) is 0 Å². The van der Waals surface area contributed by atoms with Crippen molar-refractivity contribution in [1.29, 1.82) is 0 Å². The van der Waals surface area contributed by atoms with Crippen LogP contribution in [-0.2, 0) is 15.6 Å². The normalized spacial score (nSPS) is 18.0. The fourth-order valence-electron chi connectivity index (χ4n) is 0.523. The second-order valence-corrected chi connectivity index (χ2v) is 4.64. The Balaban J connectivity index is 3.69. The lowest BCUT2D eigenvalue weighted by molar-refractivity contribution is -0.121. The highest BCUT2D eigenvalue weighted by molar-refractivity contribution is 7.84. The minimum atomic E-state index is -0.896. The van der Waals surface area contributed by atoms with E-state index in [0.29, 0.717) is 6.54 Å². The molecule has 0 bridgehead atoms. The highest BCUT2D eigenvalue weighted by Crippen LogP contribution is 1.89. The molecule has 5 heteroatoms. The monoisotopic (exact) mass is 192 g/mol. The maximum absolute atomic E-state index is 10.9. The third-order valence-corrected chi connectivity index (χ3v) is 2.84. The Hall–Kier alpha value is -0.420. The number of carbonyl (C=O) groups is 1. The summed E-state index contributed by atoms with van der Waals surface area (Å²) in [5.41, 5.74) is 5.31. The fraction of sp³-hybridized carbons (Fsp3) is 0.857. The number of nitrogens with one attached hydrogen (secondary N) is 1. The Labute approximate surface area is 75.4 Å². The minimum Gasteiger partial charge on any atom is -0.354 e. The predicted octanol–water partition coefficient (Wildman–Crippen LogP) is -0.783. The molecular weight excluding hydrogens is 176 g/mol. The van der Waals surface area contributed by atoms with E-state index in [4.69, 9.17) is 5.73 Å². The van der Waals surface area contributed by atoms with Gasteiger partial charge in [-0.25, -0.2) is 0 Å². The maximum atomic E-state index is 10.9. The van der Waals surface area contributed by atoms with Crippen molar-refractivity contribution in [1.82, 2.24) is 5.32 Å². The van der Waals surface area contributed by atoms with Gasteiger partial charge in [0.15, 0.2) is 0 Å². The van der Waals surface area contributed by atoms with E-state index < -0.39 is 16.8 Å². The van der Waals surface area contributed by atoms with Crippen LogP contribution in [0.15, 0.2) is 0 Å². The van der Waals surface area contributed by atoms with Gasteiger partial charge in [-0.05, 0) is 13.8 Å². The molecule has 0 fully saturated rings. The Morgan fingerprint density at radius 3 is 2.42 bits per heavy atom. The van der Waals surface area contributed by atoms with Gasteiger partial charge in [-0.15, -0.1) is 0 Å². The van der Waals surface area contributed by atoms with Crippen LogP contribution < -0.4 is 11.1 Å². The summed E-state index contributed by atoms with van der Waals surface area (Å²) in [7, 11) is -0.896. The van der Waals surface area contributed by atoms with Crippen molar-refractivity contribution < 1.29 is 9.00 Å². The number of hydrogen-bond acceptors (Lipinski definition) is 3. The molecule has 0 saturated heterocycles. The molecule has 72 valence electrons.